The van der Waals surface area contributed by atoms with E-state index in [1.165, 1.54) is 0 Å². The first-order valence-corrected chi connectivity index (χ1v) is 5.92. The number of carbonyl (C=O) groups is 1. The Labute approximate surface area is 112 Å². The molecular formula is C13H18N4O2. The zero-order valence-electron chi connectivity index (χ0n) is 11.6. The fourth-order valence-electron chi connectivity index (χ4n) is 1.49. The zero-order chi connectivity index (χ0) is 14.5. The molecule has 0 unspecified atom stereocenters. The third-order valence-corrected chi connectivity index (χ3v) is 2.24. The fourth-order valence-corrected chi connectivity index (χ4v) is 1.49. The Balaban J connectivity index is 2.74. The molecule has 1 aromatic rings. The number of nitrogens with one attached hydrogen (secondary N) is 1. The highest BCUT2D eigenvalue weighted by molar-refractivity contribution is 5.85. The largest absolute Gasteiger partial charge is 0.444 e. The van der Waals surface area contributed by atoms with Crippen LogP contribution in [0.2, 0.25) is 0 Å². The van der Waals surface area contributed by atoms with Crippen molar-refractivity contribution >= 4 is 11.8 Å². The van der Waals surface area contributed by atoms with Gasteiger partial charge in [-0.3, -0.25) is 5.32 Å². The Kier molecular flexibility index (Phi) is 4.78. The fraction of sp³-hybridized carbons (Fsp3) is 0.462. The van der Waals surface area contributed by atoms with Gasteiger partial charge in [-0.15, -0.1) is 0 Å². The molecule has 0 radical (unpaired) electrons. The molecule has 0 aliphatic heterocycles. The molecule has 6 heteroatoms. The highest BCUT2D eigenvalue weighted by atomic mass is 16.6. The maximum absolute atomic E-state index is 11.6. The molecule has 0 fully saturated rings. The van der Waals surface area contributed by atoms with Crippen LogP contribution >= 0.6 is 0 Å². The van der Waals surface area contributed by atoms with Crippen molar-refractivity contribution in [1.29, 1.82) is 0 Å². The van der Waals surface area contributed by atoms with E-state index in [9.17, 15) is 4.79 Å². The predicted molar refractivity (Wildman–Crippen MR) is 73.9 cm³/mol. The molecule has 0 aliphatic carbocycles. The van der Waals surface area contributed by atoms with E-state index in [0.717, 1.165) is 11.1 Å². The maximum Gasteiger partial charge on any atom is 0.412 e. The third-order valence-electron chi connectivity index (χ3n) is 2.24. The first-order valence-electron chi connectivity index (χ1n) is 5.92. The standard InChI is InChI=1S/C13H18N4O2/c1-9-7-10(8-15-17-14)5-6-11(9)16-12(18)19-13(2,3)4/h5-7H,8H2,1-4H3,(H,16,18). The Hall–Kier alpha value is -2.20. The summed E-state index contributed by atoms with van der Waals surface area (Å²) in [6.07, 6.45) is -0.488. The smallest absolute Gasteiger partial charge is 0.412 e. The lowest BCUT2D eigenvalue weighted by Crippen LogP contribution is -2.27. The number of hydrogen-bond acceptors (Lipinski definition) is 3. The highest BCUT2D eigenvalue weighted by Crippen LogP contribution is 2.18. The van der Waals surface area contributed by atoms with Crippen molar-refractivity contribution in [2.24, 2.45) is 5.11 Å². The van der Waals surface area contributed by atoms with Gasteiger partial charge in [-0.1, -0.05) is 17.2 Å². The van der Waals surface area contributed by atoms with Crippen LogP contribution in [0.4, 0.5) is 10.5 Å². The Morgan fingerprint density at radius 1 is 1.47 bits per heavy atom. The second-order valence-electron chi connectivity index (χ2n) is 5.17. The van der Waals surface area contributed by atoms with Crippen LogP contribution in [0.25, 0.3) is 10.4 Å². The summed E-state index contributed by atoms with van der Waals surface area (Å²) in [5, 5.41) is 6.18. The molecule has 0 aromatic heterocycles. The van der Waals surface area contributed by atoms with Gasteiger partial charge in [-0.05, 0) is 50.4 Å². The molecular weight excluding hydrogens is 244 g/mol. The summed E-state index contributed by atoms with van der Waals surface area (Å²) in [4.78, 5) is 14.3. The van der Waals surface area contributed by atoms with E-state index in [0.29, 0.717) is 12.2 Å². The first-order chi connectivity index (χ1) is 8.81. The van der Waals surface area contributed by atoms with Gasteiger partial charge in [-0.2, -0.15) is 0 Å². The van der Waals surface area contributed by atoms with Crippen molar-refractivity contribution in [2.45, 2.75) is 39.8 Å². The number of amides is 1. The van der Waals surface area contributed by atoms with Crippen LogP contribution in [-0.4, -0.2) is 11.7 Å². The second kappa shape index (κ2) is 6.11. The van der Waals surface area contributed by atoms with Crippen LogP contribution in [0.3, 0.4) is 0 Å². The highest BCUT2D eigenvalue weighted by Gasteiger charge is 2.16. The monoisotopic (exact) mass is 262 g/mol. The zero-order valence-corrected chi connectivity index (χ0v) is 11.6. The molecule has 19 heavy (non-hydrogen) atoms. The lowest BCUT2D eigenvalue weighted by molar-refractivity contribution is 0.0636. The summed E-state index contributed by atoms with van der Waals surface area (Å²) in [5.74, 6) is 0. The molecule has 0 spiro atoms. The normalized spacial score (nSPS) is 10.5. The van der Waals surface area contributed by atoms with Crippen LogP contribution in [0.1, 0.15) is 31.9 Å². The number of ether oxygens (including phenoxy) is 1. The molecule has 6 nitrogen and oxygen atoms in total. The molecule has 0 aliphatic rings. The quantitative estimate of drug-likeness (QED) is 0.503. The molecule has 0 atom stereocenters. The van der Waals surface area contributed by atoms with Gasteiger partial charge in [0.2, 0.25) is 0 Å². The van der Waals surface area contributed by atoms with Crippen molar-refractivity contribution in [2.75, 3.05) is 5.32 Å². The average Bonchev–Trinajstić information content (AvgIpc) is 2.27. The first kappa shape index (κ1) is 14.9. The van der Waals surface area contributed by atoms with Crippen LogP contribution in [0.5, 0.6) is 0 Å². The average molecular weight is 262 g/mol. The second-order valence-corrected chi connectivity index (χ2v) is 5.17. The minimum atomic E-state index is -0.528. The number of carbonyl (C=O) groups excluding carboxylic acids is 1. The van der Waals surface area contributed by atoms with Crippen molar-refractivity contribution < 1.29 is 9.53 Å². The van der Waals surface area contributed by atoms with Crippen molar-refractivity contribution in [1.82, 2.24) is 0 Å². The van der Waals surface area contributed by atoms with E-state index in [4.69, 9.17) is 10.3 Å². The minimum Gasteiger partial charge on any atom is -0.444 e. The van der Waals surface area contributed by atoms with Crippen LogP contribution in [-0.2, 0) is 11.3 Å². The third kappa shape index (κ3) is 5.31. The summed E-state index contributed by atoms with van der Waals surface area (Å²) in [7, 11) is 0. The molecule has 1 rings (SSSR count). The Morgan fingerprint density at radius 2 is 2.16 bits per heavy atom. The van der Waals surface area contributed by atoms with E-state index < -0.39 is 11.7 Å². The van der Waals surface area contributed by atoms with Crippen molar-refractivity contribution in [3.63, 3.8) is 0 Å². The lowest BCUT2D eigenvalue weighted by Gasteiger charge is -2.20. The van der Waals surface area contributed by atoms with Gasteiger partial charge < -0.3 is 4.74 Å². The molecule has 1 N–H and O–H groups in total. The van der Waals surface area contributed by atoms with Gasteiger partial charge in [0.25, 0.3) is 0 Å². The van der Waals surface area contributed by atoms with E-state index in [2.05, 4.69) is 15.3 Å². The summed E-state index contributed by atoms with van der Waals surface area (Å²) in [5.41, 5.74) is 10.2. The van der Waals surface area contributed by atoms with Gasteiger partial charge in [-0.25, -0.2) is 4.79 Å². The van der Waals surface area contributed by atoms with Crippen LogP contribution in [0, 0.1) is 6.92 Å². The van der Waals surface area contributed by atoms with Gasteiger partial charge in [0, 0.05) is 10.6 Å². The summed E-state index contributed by atoms with van der Waals surface area (Å²) in [6.45, 7) is 7.59. The van der Waals surface area contributed by atoms with Gasteiger partial charge >= 0.3 is 6.09 Å². The van der Waals surface area contributed by atoms with Gasteiger partial charge in [0.1, 0.15) is 5.60 Å². The molecule has 0 saturated carbocycles. The molecule has 0 bridgehead atoms. The van der Waals surface area contributed by atoms with Gasteiger partial charge in [0.05, 0.1) is 6.54 Å². The molecule has 0 heterocycles. The van der Waals surface area contributed by atoms with E-state index in [1.807, 2.05) is 33.8 Å². The summed E-state index contributed by atoms with van der Waals surface area (Å²) in [6, 6.07) is 5.43. The van der Waals surface area contributed by atoms with Crippen LogP contribution < -0.4 is 5.32 Å². The minimum absolute atomic E-state index is 0.296. The Bertz CT molecular complexity index is 514. The molecule has 1 aromatic carbocycles. The summed E-state index contributed by atoms with van der Waals surface area (Å²) >= 11 is 0. The number of hydrogen-bond donors (Lipinski definition) is 1. The van der Waals surface area contributed by atoms with Crippen molar-refractivity contribution in [3.8, 4) is 0 Å². The SMILES string of the molecule is Cc1cc(CN=[N+]=[N-])ccc1NC(=O)OC(C)(C)C. The summed E-state index contributed by atoms with van der Waals surface area (Å²) < 4.78 is 5.18. The van der Waals surface area contributed by atoms with Crippen LogP contribution in [0.15, 0.2) is 23.3 Å². The topological polar surface area (TPSA) is 87.1 Å². The maximum atomic E-state index is 11.6. The van der Waals surface area contributed by atoms with E-state index >= 15 is 0 Å². The number of nitrogens with zero attached hydrogens (tertiary/aromatic N) is 3. The van der Waals surface area contributed by atoms with Crippen molar-refractivity contribution in [3.05, 3.63) is 39.8 Å². The predicted octanol–water partition coefficient (Wildman–Crippen LogP) is 4.15. The number of anilines is 1. The number of aryl methyl sites for hydroxylation is 1. The van der Waals surface area contributed by atoms with E-state index in [1.54, 1.807) is 12.1 Å². The lowest BCUT2D eigenvalue weighted by atomic mass is 10.1. The number of rotatable bonds is 3. The number of benzene rings is 1. The number of azide groups is 1. The Morgan fingerprint density at radius 3 is 2.68 bits per heavy atom. The van der Waals surface area contributed by atoms with Gasteiger partial charge in [0.15, 0.2) is 0 Å². The molecule has 1 amide bonds. The molecule has 0 saturated heterocycles. The van der Waals surface area contributed by atoms with E-state index in [-0.39, 0.29) is 0 Å². The molecule has 102 valence electrons.